The number of hydrogen-bond acceptors (Lipinski definition) is 3. The minimum absolute atomic E-state index is 0.312. The van der Waals surface area contributed by atoms with E-state index >= 15 is 0 Å². The van der Waals surface area contributed by atoms with Gasteiger partial charge in [0, 0.05) is 23.6 Å². The average molecular weight is 313 g/mol. The van der Waals surface area contributed by atoms with Gasteiger partial charge in [0.1, 0.15) is 5.75 Å². The van der Waals surface area contributed by atoms with E-state index in [0.717, 1.165) is 23.3 Å². The molecule has 3 nitrogen and oxygen atoms in total. The predicted molar refractivity (Wildman–Crippen MR) is 80.4 cm³/mol. The van der Waals surface area contributed by atoms with E-state index in [1.54, 1.807) is 7.11 Å². The number of hydrogen-bond donors (Lipinski definition) is 1. The third kappa shape index (κ3) is 4.80. The summed E-state index contributed by atoms with van der Waals surface area (Å²) in [4.78, 5) is 2.19. The molecule has 0 aliphatic heterocycles. The zero-order valence-corrected chi connectivity index (χ0v) is 12.8. The second kappa shape index (κ2) is 7.56. The van der Waals surface area contributed by atoms with E-state index in [1.807, 2.05) is 12.1 Å². The molecule has 1 aromatic rings. The Kier molecular flexibility index (Phi) is 6.39. The fraction of sp³-hybridized carbons (Fsp3) is 0.429. The van der Waals surface area contributed by atoms with Crippen LogP contribution in [0.1, 0.15) is 11.6 Å². The first-order chi connectivity index (χ1) is 8.54. The summed E-state index contributed by atoms with van der Waals surface area (Å²) in [5.41, 5.74) is 1.24. The molecule has 0 saturated carbocycles. The second-order valence-electron chi connectivity index (χ2n) is 4.40. The standard InChI is InChI=1S/C14H21BrN2O/c1-11(15)9-16-10-14(17(2)3)12-6-5-7-13(8-12)18-4/h5-8,14,16H,1,9-10H2,2-4H3. The molecule has 1 rings (SSSR count). The highest BCUT2D eigenvalue weighted by Crippen LogP contribution is 2.22. The summed E-state index contributed by atoms with van der Waals surface area (Å²) < 4.78 is 6.23. The van der Waals surface area contributed by atoms with E-state index in [9.17, 15) is 0 Å². The first-order valence-electron chi connectivity index (χ1n) is 5.89. The molecule has 0 saturated heterocycles. The van der Waals surface area contributed by atoms with Gasteiger partial charge in [0.15, 0.2) is 0 Å². The molecular formula is C14H21BrN2O. The van der Waals surface area contributed by atoms with Crippen LogP contribution in [-0.2, 0) is 0 Å². The summed E-state index contributed by atoms with van der Waals surface area (Å²) in [7, 11) is 5.85. The summed E-state index contributed by atoms with van der Waals surface area (Å²) in [6.45, 7) is 5.46. The highest BCUT2D eigenvalue weighted by molar-refractivity contribution is 9.11. The zero-order chi connectivity index (χ0) is 13.5. The molecule has 0 aliphatic carbocycles. The lowest BCUT2D eigenvalue weighted by Crippen LogP contribution is -2.31. The predicted octanol–water partition coefficient (Wildman–Crippen LogP) is 2.80. The molecule has 1 unspecified atom stereocenters. The topological polar surface area (TPSA) is 24.5 Å². The van der Waals surface area contributed by atoms with Crippen LogP contribution < -0.4 is 10.1 Å². The van der Waals surface area contributed by atoms with E-state index in [-0.39, 0.29) is 0 Å². The molecule has 0 heterocycles. The molecule has 0 bridgehead atoms. The highest BCUT2D eigenvalue weighted by Gasteiger charge is 2.14. The van der Waals surface area contributed by atoms with Crippen molar-refractivity contribution in [3.05, 3.63) is 40.9 Å². The quantitative estimate of drug-likeness (QED) is 0.838. The minimum Gasteiger partial charge on any atom is -0.497 e. The number of nitrogens with one attached hydrogen (secondary N) is 1. The molecular weight excluding hydrogens is 292 g/mol. The molecule has 0 aliphatic rings. The van der Waals surface area contributed by atoms with Crippen LogP contribution in [0.2, 0.25) is 0 Å². The van der Waals surface area contributed by atoms with Crippen molar-refractivity contribution in [2.24, 2.45) is 0 Å². The van der Waals surface area contributed by atoms with Crippen molar-refractivity contribution >= 4 is 15.9 Å². The van der Waals surface area contributed by atoms with Gasteiger partial charge >= 0.3 is 0 Å². The van der Waals surface area contributed by atoms with Crippen molar-refractivity contribution in [3.63, 3.8) is 0 Å². The van der Waals surface area contributed by atoms with Crippen molar-refractivity contribution in [1.29, 1.82) is 0 Å². The Labute approximate surface area is 118 Å². The van der Waals surface area contributed by atoms with Crippen molar-refractivity contribution in [2.45, 2.75) is 6.04 Å². The van der Waals surface area contributed by atoms with Gasteiger partial charge in [-0.3, -0.25) is 0 Å². The molecule has 0 amide bonds. The first-order valence-corrected chi connectivity index (χ1v) is 6.68. The van der Waals surface area contributed by atoms with E-state index in [1.165, 1.54) is 5.56 Å². The van der Waals surface area contributed by atoms with Crippen LogP contribution in [0.4, 0.5) is 0 Å². The molecule has 18 heavy (non-hydrogen) atoms. The monoisotopic (exact) mass is 312 g/mol. The van der Waals surface area contributed by atoms with Crippen molar-refractivity contribution in [2.75, 3.05) is 34.3 Å². The molecule has 0 fully saturated rings. The summed E-state index contributed by atoms with van der Waals surface area (Å²) in [6.07, 6.45) is 0. The van der Waals surface area contributed by atoms with Crippen LogP contribution in [0.3, 0.4) is 0 Å². The highest BCUT2D eigenvalue weighted by atomic mass is 79.9. The van der Waals surface area contributed by atoms with Gasteiger partial charge in [-0.1, -0.05) is 34.6 Å². The first kappa shape index (κ1) is 15.2. The summed E-state index contributed by atoms with van der Waals surface area (Å²) in [6, 6.07) is 8.50. The third-order valence-corrected chi connectivity index (χ3v) is 3.04. The second-order valence-corrected chi connectivity index (χ2v) is 5.53. The Hall–Kier alpha value is -0.840. The Morgan fingerprint density at radius 1 is 1.50 bits per heavy atom. The zero-order valence-electron chi connectivity index (χ0n) is 11.2. The molecule has 0 spiro atoms. The fourth-order valence-electron chi connectivity index (χ4n) is 1.79. The van der Waals surface area contributed by atoms with Gasteiger partial charge < -0.3 is 15.0 Å². The number of rotatable bonds is 7. The Bertz CT molecular complexity index is 393. The summed E-state index contributed by atoms with van der Waals surface area (Å²) in [5.74, 6) is 0.893. The molecule has 1 atom stereocenters. The lowest BCUT2D eigenvalue weighted by Gasteiger charge is -2.25. The summed E-state index contributed by atoms with van der Waals surface area (Å²) in [5, 5.41) is 3.37. The molecule has 100 valence electrons. The number of halogens is 1. The van der Waals surface area contributed by atoms with E-state index in [0.29, 0.717) is 6.04 Å². The molecule has 4 heteroatoms. The van der Waals surface area contributed by atoms with Crippen molar-refractivity contribution in [1.82, 2.24) is 10.2 Å². The van der Waals surface area contributed by atoms with Crippen LogP contribution in [-0.4, -0.2) is 39.2 Å². The smallest absolute Gasteiger partial charge is 0.119 e. The number of likely N-dealkylation sites (N-methyl/N-ethyl adjacent to an activating group) is 1. The maximum absolute atomic E-state index is 5.27. The molecule has 0 radical (unpaired) electrons. The lowest BCUT2D eigenvalue weighted by atomic mass is 10.1. The van der Waals surface area contributed by atoms with E-state index in [2.05, 4.69) is 59.0 Å². The van der Waals surface area contributed by atoms with Gasteiger partial charge in [-0.25, -0.2) is 0 Å². The Morgan fingerprint density at radius 3 is 2.78 bits per heavy atom. The average Bonchev–Trinajstić information content (AvgIpc) is 2.34. The maximum Gasteiger partial charge on any atom is 0.119 e. The SMILES string of the molecule is C=C(Br)CNCC(c1cccc(OC)c1)N(C)C. The van der Waals surface area contributed by atoms with Gasteiger partial charge in [0.2, 0.25) is 0 Å². The van der Waals surface area contributed by atoms with Crippen LogP contribution in [0.25, 0.3) is 0 Å². The van der Waals surface area contributed by atoms with Crippen LogP contribution in [0.15, 0.2) is 35.3 Å². The molecule has 0 aromatic heterocycles. The largest absolute Gasteiger partial charge is 0.497 e. The van der Waals surface area contributed by atoms with E-state index < -0.39 is 0 Å². The number of ether oxygens (including phenoxy) is 1. The Balaban J connectivity index is 2.73. The van der Waals surface area contributed by atoms with Gasteiger partial charge in [0.25, 0.3) is 0 Å². The number of benzene rings is 1. The van der Waals surface area contributed by atoms with E-state index in [4.69, 9.17) is 4.74 Å². The normalized spacial score (nSPS) is 12.5. The fourth-order valence-corrected chi connectivity index (χ4v) is 1.99. The number of nitrogens with zero attached hydrogens (tertiary/aromatic N) is 1. The van der Waals surface area contributed by atoms with Gasteiger partial charge in [-0.15, -0.1) is 0 Å². The van der Waals surface area contributed by atoms with Gasteiger partial charge in [-0.2, -0.15) is 0 Å². The summed E-state index contributed by atoms with van der Waals surface area (Å²) >= 11 is 3.35. The minimum atomic E-state index is 0.312. The van der Waals surface area contributed by atoms with Gasteiger partial charge in [0.05, 0.1) is 7.11 Å². The van der Waals surface area contributed by atoms with Crippen LogP contribution in [0, 0.1) is 0 Å². The third-order valence-electron chi connectivity index (χ3n) is 2.76. The molecule has 1 aromatic carbocycles. The van der Waals surface area contributed by atoms with Crippen molar-refractivity contribution < 1.29 is 4.74 Å². The molecule has 1 N–H and O–H groups in total. The lowest BCUT2D eigenvalue weighted by molar-refractivity contribution is 0.290. The number of methoxy groups -OCH3 is 1. The van der Waals surface area contributed by atoms with Crippen molar-refractivity contribution in [3.8, 4) is 5.75 Å². The maximum atomic E-state index is 5.27. The van der Waals surface area contributed by atoms with Crippen LogP contribution >= 0.6 is 15.9 Å². The Morgan fingerprint density at radius 2 is 2.22 bits per heavy atom. The van der Waals surface area contributed by atoms with Gasteiger partial charge in [-0.05, 0) is 31.8 Å². The van der Waals surface area contributed by atoms with Crippen LogP contribution in [0.5, 0.6) is 5.75 Å².